The molecule has 2 aromatic heterocycles. The number of nitrogens with one attached hydrogen (secondary N) is 1. The van der Waals surface area contributed by atoms with Gasteiger partial charge in [0.2, 0.25) is 0 Å². The van der Waals surface area contributed by atoms with Crippen molar-refractivity contribution in [2.45, 2.75) is 0 Å². The summed E-state index contributed by atoms with van der Waals surface area (Å²) in [6.45, 7) is 0. The molecule has 86 valence electrons. The molecule has 0 atom stereocenters. The lowest BCUT2D eigenvalue weighted by atomic mass is 10.3. The largest absolute Gasteiger partial charge is 0.316 e. The van der Waals surface area contributed by atoms with Crippen LogP contribution in [0.25, 0.3) is 16.6 Å². The monoisotopic (exact) mass is 298 g/mol. The second-order valence-corrected chi connectivity index (χ2v) is 4.45. The van der Waals surface area contributed by atoms with Crippen LogP contribution in [0, 0.1) is 11.6 Å². The predicted molar refractivity (Wildman–Crippen MR) is 63.1 cm³/mol. The lowest BCUT2D eigenvalue weighted by molar-refractivity contribution is 0.628. The van der Waals surface area contributed by atoms with Gasteiger partial charge in [0.05, 0.1) is 9.99 Å². The fourth-order valence-corrected chi connectivity index (χ4v) is 2.19. The van der Waals surface area contributed by atoms with Crippen molar-refractivity contribution < 1.29 is 8.78 Å². The molecular formula is C11H5BrF2N2O. The number of fused-ring (bicyclic) bond motifs is 3. The van der Waals surface area contributed by atoms with Gasteiger partial charge in [-0.05, 0) is 34.1 Å². The lowest BCUT2D eigenvalue weighted by Gasteiger charge is -2.04. The van der Waals surface area contributed by atoms with Crippen LogP contribution < -0.4 is 5.56 Å². The van der Waals surface area contributed by atoms with Gasteiger partial charge in [-0.1, -0.05) is 0 Å². The van der Waals surface area contributed by atoms with Gasteiger partial charge in [0.15, 0.2) is 11.6 Å². The second kappa shape index (κ2) is 3.40. The van der Waals surface area contributed by atoms with Crippen molar-refractivity contribution in [3.8, 4) is 0 Å². The van der Waals surface area contributed by atoms with Gasteiger partial charge in [-0.3, -0.25) is 4.79 Å². The van der Waals surface area contributed by atoms with Crippen molar-refractivity contribution in [3.05, 3.63) is 50.9 Å². The average molecular weight is 299 g/mol. The number of aromatic amines is 1. The van der Waals surface area contributed by atoms with Crippen LogP contribution >= 0.6 is 15.9 Å². The number of hydrogen-bond acceptors (Lipinski definition) is 1. The number of aromatic nitrogens is 2. The Morgan fingerprint density at radius 3 is 2.76 bits per heavy atom. The number of rotatable bonds is 0. The van der Waals surface area contributed by atoms with Gasteiger partial charge in [0.1, 0.15) is 11.0 Å². The predicted octanol–water partition coefficient (Wildman–Crippen LogP) is 2.82. The topological polar surface area (TPSA) is 37.3 Å². The summed E-state index contributed by atoms with van der Waals surface area (Å²) in [5.41, 5.74) is -0.312. The van der Waals surface area contributed by atoms with Crippen molar-refractivity contribution in [2.24, 2.45) is 0 Å². The fraction of sp³-hybridized carbons (Fsp3) is 0. The lowest BCUT2D eigenvalue weighted by Crippen LogP contribution is -2.11. The molecule has 3 aromatic rings. The number of benzene rings is 1. The highest BCUT2D eigenvalue weighted by molar-refractivity contribution is 9.10. The summed E-state index contributed by atoms with van der Waals surface area (Å²) in [4.78, 5) is 14.0. The maximum absolute atomic E-state index is 13.8. The maximum Gasteiger partial charge on any atom is 0.275 e. The minimum absolute atomic E-state index is 0.0486. The molecule has 0 spiro atoms. The molecule has 17 heavy (non-hydrogen) atoms. The minimum atomic E-state index is -0.656. The van der Waals surface area contributed by atoms with Crippen LogP contribution in [0.4, 0.5) is 8.78 Å². The molecule has 0 unspecified atom stereocenters. The zero-order valence-corrected chi connectivity index (χ0v) is 9.88. The molecule has 0 bridgehead atoms. The highest BCUT2D eigenvalue weighted by Crippen LogP contribution is 2.23. The van der Waals surface area contributed by atoms with Gasteiger partial charge in [-0.2, -0.15) is 0 Å². The summed E-state index contributed by atoms with van der Waals surface area (Å²) < 4.78 is 28.7. The van der Waals surface area contributed by atoms with E-state index in [4.69, 9.17) is 0 Å². The van der Waals surface area contributed by atoms with Crippen molar-refractivity contribution >= 4 is 32.5 Å². The van der Waals surface area contributed by atoms with E-state index in [0.717, 1.165) is 0 Å². The first-order valence-electron chi connectivity index (χ1n) is 4.76. The summed E-state index contributed by atoms with van der Waals surface area (Å²) in [5.74, 6) is -1.20. The van der Waals surface area contributed by atoms with E-state index in [1.165, 1.54) is 22.7 Å². The Kier molecular flexibility index (Phi) is 2.09. The summed E-state index contributed by atoms with van der Waals surface area (Å²) in [6.07, 6.45) is 1.40. The molecule has 3 nitrogen and oxygen atoms in total. The van der Waals surface area contributed by atoms with Crippen molar-refractivity contribution in [1.82, 2.24) is 9.38 Å². The minimum Gasteiger partial charge on any atom is -0.316 e. The number of H-pyrrole nitrogens is 1. The van der Waals surface area contributed by atoms with E-state index in [-0.39, 0.29) is 15.5 Å². The molecule has 1 N–H and O–H groups in total. The Bertz CT molecular complexity index is 806. The molecular weight excluding hydrogens is 294 g/mol. The van der Waals surface area contributed by atoms with Crippen LogP contribution in [0.15, 0.2) is 33.7 Å². The second-order valence-electron chi connectivity index (χ2n) is 3.59. The zero-order valence-electron chi connectivity index (χ0n) is 8.30. The van der Waals surface area contributed by atoms with Gasteiger partial charge in [0, 0.05) is 6.20 Å². The van der Waals surface area contributed by atoms with Gasteiger partial charge in [0.25, 0.3) is 5.56 Å². The summed E-state index contributed by atoms with van der Waals surface area (Å²) in [6, 6.07) is 4.28. The molecule has 0 saturated heterocycles. The molecule has 0 fully saturated rings. The molecule has 6 heteroatoms. The Labute approximate surface area is 102 Å². The van der Waals surface area contributed by atoms with E-state index in [1.54, 1.807) is 6.07 Å². The van der Waals surface area contributed by atoms with Crippen molar-refractivity contribution in [3.63, 3.8) is 0 Å². The first-order chi connectivity index (χ1) is 8.09. The van der Waals surface area contributed by atoms with Gasteiger partial charge in [-0.15, -0.1) is 0 Å². The molecule has 0 aliphatic heterocycles. The van der Waals surface area contributed by atoms with E-state index >= 15 is 0 Å². The van der Waals surface area contributed by atoms with Gasteiger partial charge in [-0.25, -0.2) is 8.78 Å². The maximum atomic E-state index is 13.8. The molecule has 0 radical (unpaired) electrons. The van der Waals surface area contributed by atoms with E-state index < -0.39 is 17.2 Å². The third kappa shape index (κ3) is 1.33. The quantitative estimate of drug-likeness (QED) is 0.681. The smallest absolute Gasteiger partial charge is 0.275 e. The van der Waals surface area contributed by atoms with Gasteiger partial charge < -0.3 is 9.38 Å². The van der Waals surface area contributed by atoms with Crippen LogP contribution in [0.2, 0.25) is 0 Å². The highest BCUT2D eigenvalue weighted by atomic mass is 79.9. The van der Waals surface area contributed by atoms with E-state index in [9.17, 15) is 13.6 Å². The Morgan fingerprint density at radius 1 is 1.24 bits per heavy atom. The van der Waals surface area contributed by atoms with Crippen LogP contribution in [-0.2, 0) is 0 Å². The number of hydrogen-bond donors (Lipinski definition) is 1. The molecule has 3 rings (SSSR count). The molecule has 2 heterocycles. The normalized spacial score (nSPS) is 11.5. The first-order valence-corrected chi connectivity index (χ1v) is 5.55. The Balaban J connectivity index is 2.67. The summed E-state index contributed by atoms with van der Waals surface area (Å²) in [5, 5.41) is 0. The summed E-state index contributed by atoms with van der Waals surface area (Å²) in [7, 11) is 0. The molecule has 0 aliphatic rings. The third-order valence-electron chi connectivity index (χ3n) is 2.62. The molecule has 0 aliphatic carbocycles. The standard InChI is InChI=1S/C11H5BrF2N2O/c12-5-1-2-7-9(8(5)14)15-11(17)10-6(13)3-4-16(7)10/h1-4H,(H,15,17). The number of nitrogens with zero attached hydrogens (tertiary/aromatic N) is 1. The van der Waals surface area contributed by atoms with E-state index in [1.807, 2.05) is 0 Å². The van der Waals surface area contributed by atoms with E-state index in [2.05, 4.69) is 20.9 Å². The van der Waals surface area contributed by atoms with Gasteiger partial charge >= 0.3 is 0 Å². The number of halogens is 3. The van der Waals surface area contributed by atoms with Crippen LogP contribution in [0.3, 0.4) is 0 Å². The molecule has 0 amide bonds. The summed E-state index contributed by atoms with van der Waals surface area (Å²) >= 11 is 3.03. The molecule has 0 saturated carbocycles. The highest BCUT2D eigenvalue weighted by Gasteiger charge is 2.13. The van der Waals surface area contributed by atoms with Crippen LogP contribution in [0.1, 0.15) is 0 Å². The van der Waals surface area contributed by atoms with E-state index in [0.29, 0.717) is 5.52 Å². The SMILES string of the molecule is O=c1[nH]c2c(F)c(Br)ccc2n2ccc(F)c12. The van der Waals surface area contributed by atoms with Crippen molar-refractivity contribution in [2.75, 3.05) is 0 Å². The van der Waals surface area contributed by atoms with Crippen molar-refractivity contribution in [1.29, 1.82) is 0 Å². The fourth-order valence-electron chi connectivity index (χ4n) is 1.86. The Hall–Kier alpha value is -1.69. The third-order valence-corrected chi connectivity index (χ3v) is 3.24. The van der Waals surface area contributed by atoms with Crippen LogP contribution in [0.5, 0.6) is 0 Å². The van der Waals surface area contributed by atoms with Crippen LogP contribution in [-0.4, -0.2) is 9.38 Å². The zero-order chi connectivity index (χ0) is 12.2. The average Bonchev–Trinajstić information content (AvgIpc) is 2.68. The first kappa shape index (κ1) is 10.5. The molecule has 1 aromatic carbocycles. The Morgan fingerprint density at radius 2 is 2.00 bits per heavy atom.